The Morgan fingerprint density at radius 2 is 2.00 bits per heavy atom. The van der Waals surface area contributed by atoms with Gasteiger partial charge in [-0.3, -0.25) is 9.69 Å². The Morgan fingerprint density at radius 1 is 1.08 bits per heavy atom. The molecule has 3 heterocycles. The molecule has 0 saturated carbocycles. The first-order valence-electron chi connectivity index (χ1n) is 9.28. The third kappa shape index (κ3) is 3.83. The summed E-state index contributed by atoms with van der Waals surface area (Å²) in [5.74, 6) is 0.0460. The second-order valence-electron chi connectivity index (χ2n) is 6.97. The molecule has 4 rings (SSSR count). The summed E-state index contributed by atoms with van der Waals surface area (Å²) in [7, 11) is 0. The fourth-order valence-electron chi connectivity index (χ4n) is 3.78. The standard InChI is InChI=1S/C20H25N3O2/c24-20(19-9-8-16-5-1-2-7-18(16)21-19)23-11-4-10-22(12-13-23)15-17-6-3-14-25-17/h1-2,5,7-9,17H,3-4,6,10-15H2/t17-/m1/s1. The number of carbonyl (C=O) groups excluding carboxylic acids is 1. The Labute approximate surface area is 148 Å². The highest BCUT2D eigenvalue weighted by molar-refractivity contribution is 5.94. The molecule has 2 fully saturated rings. The van der Waals surface area contributed by atoms with Gasteiger partial charge < -0.3 is 9.64 Å². The van der Waals surface area contributed by atoms with Gasteiger partial charge in [0.1, 0.15) is 5.69 Å². The van der Waals surface area contributed by atoms with Crippen LogP contribution < -0.4 is 0 Å². The van der Waals surface area contributed by atoms with Crippen LogP contribution in [0.25, 0.3) is 10.9 Å². The minimum Gasteiger partial charge on any atom is -0.377 e. The second-order valence-corrected chi connectivity index (χ2v) is 6.97. The summed E-state index contributed by atoms with van der Waals surface area (Å²) in [6, 6.07) is 11.8. The van der Waals surface area contributed by atoms with E-state index in [2.05, 4.69) is 9.88 Å². The van der Waals surface area contributed by atoms with Crippen molar-refractivity contribution in [1.29, 1.82) is 0 Å². The number of carbonyl (C=O) groups is 1. The van der Waals surface area contributed by atoms with Gasteiger partial charge in [0.25, 0.3) is 5.91 Å². The van der Waals surface area contributed by atoms with Gasteiger partial charge in [0.2, 0.25) is 0 Å². The first-order valence-corrected chi connectivity index (χ1v) is 9.28. The quantitative estimate of drug-likeness (QED) is 0.862. The third-order valence-electron chi connectivity index (χ3n) is 5.18. The number of ether oxygens (including phenoxy) is 1. The lowest BCUT2D eigenvalue weighted by molar-refractivity contribution is 0.0701. The molecular weight excluding hydrogens is 314 g/mol. The number of amides is 1. The molecule has 5 heteroatoms. The predicted octanol–water partition coefficient (Wildman–Crippen LogP) is 2.56. The molecule has 132 valence electrons. The molecule has 1 aromatic carbocycles. The number of rotatable bonds is 3. The summed E-state index contributed by atoms with van der Waals surface area (Å²) < 4.78 is 5.75. The number of nitrogens with zero attached hydrogens (tertiary/aromatic N) is 3. The summed E-state index contributed by atoms with van der Waals surface area (Å²) in [6.07, 6.45) is 3.73. The molecule has 1 amide bonds. The van der Waals surface area contributed by atoms with Crippen molar-refractivity contribution < 1.29 is 9.53 Å². The van der Waals surface area contributed by atoms with E-state index in [9.17, 15) is 4.79 Å². The largest absolute Gasteiger partial charge is 0.377 e. The second kappa shape index (κ2) is 7.50. The molecule has 0 aliphatic carbocycles. The number of hydrogen-bond donors (Lipinski definition) is 0. The summed E-state index contributed by atoms with van der Waals surface area (Å²) >= 11 is 0. The molecule has 0 bridgehead atoms. The van der Waals surface area contributed by atoms with Crippen molar-refractivity contribution in [1.82, 2.24) is 14.8 Å². The molecule has 5 nitrogen and oxygen atoms in total. The topological polar surface area (TPSA) is 45.7 Å². The van der Waals surface area contributed by atoms with Crippen molar-refractivity contribution in [2.75, 3.05) is 39.3 Å². The molecule has 0 radical (unpaired) electrons. The van der Waals surface area contributed by atoms with E-state index in [0.717, 1.165) is 56.7 Å². The van der Waals surface area contributed by atoms with Crippen LogP contribution in [-0.2, 0) is 4.74 Å². The Balaban J connectivity index is 1.41. The SMILES string of the molecule is O=C(c1ccc2ccccc2n1)N1CCCN(C[C@H]2CCCO2)CC1. The number of pyridine rings is 1. The van der Waals surface area contributed by atoms with E-state index in [1.54, 1.807) is 0 Å². The van der Waals surface area contributed by atoms with Gasteiger partial charge in [-0.15, -0.1) is 0 Å². The first-order chi connectivity index (χ1) is 12.3. The number of benzene rings is 1. The summed E-state index contributed by atoms with van der Waals surface area (Å²) in [6.45, 7) is 5.41. The van der Waals surface area contributed by atoms with E-state index in [1.165, 1.54) is 12.8 Å². The van der Waals surface area contributed by atoms with E-state index in [4.69, 9.17) is 4.74 Å². The molecule has 2 aliphatic heterocycles. The van der Waals surface area contributed by atoms with Gasteiger partial charge in [0, 0.05) is 38.2 Å². The molecule has 0 unspecified atom stereocenters. The molecule has 2 saturated heterocycles. The summed E-state index contributed by atoms with van der Waals surface area (Å²) in [5.41, 5.74) is 1.43. The molecule has 25 heavy (non-hydrogen) atoms. The lowest BCUT2D eigenvalue weighted by Gasteiger charge is -2.24. The molecule has 1 aromatic heterocycles. The van der Waals surface area contributed by atoms with Crippen molar-refractivity contribution in [3.63, 3.8) is 0 Å². The van der Waals surface area contributed by atoms with Gasteiger partial charge in [-0.05, 0) is 37.9 Å². The van der Waals surface area contributed by atoms with Crippen molar-refractivity contribution >= 4 is 16.8 Å². The summed E-state index contributed by atoms with van der Waals surface area (Å²) in [4.78, 5) is 21.8. The number of hydrogen-bond acceptors (Lipinski definition) is 4. The summed E-state index contributed by atoms with van der Waals surface area (Å²) in [5, 5.41) is 1.07. The smallest absolute Gasteiger partial charge is 0.272 e. The minimum atomic E-state index is 0.0460. The van der Waals surface area contributed by atoms with E-state index < -0.39 is 0 Å². The van der Waals surface area contributed by atoms with Crippen LogP contribution in [0.1, 0.15) is 29.8 Å². The van der Waals surface area contributed by atoms with E-state index >= 15 is 0 Å². The van der Waals surface area contributed by atoms with Crippen LogP contribution >= 0.6 is 0 Å². The number of aromatic nitrogens is 1. The molecular formula is C20H25N3O2. The highest BCUT2D eigenvalue weighted by atomic mass is 16.5. The van der Waals surface area contributed by atoms with E-state index in [0.29, 0.717) is 11.8 Å². The Kier molecular flexibility index (Phi) is 4.95. The maximum Gasteiger partial charge on any atom is 0.272 e. The van der Waals surface area contributed by atoms with Crippen LogP contribution in [0.15, 0.2) is 36.4 Å². The fourth-order valence-corrected chi connectivity index (χ4v) is 3.78. The highest BCUT2D eigenvalue weighted by Gasteiger charge is 2.24. The van der Waals surface area contributed by atoms with Crippen molar-refractivity contribution in [2.24, 2.45) is 0 Å². The molecule has 1 atom stereocenters. The minimum absolute atomic E-state index is 0.0460. The highest BCUT2D eigenvalue weighted by Crippen LogP contribution is 2.16. The Hall–Kier alpha value is -1.98. The third-order valence-corrected chi connectivity index (χ3v) is 5.18. The van der Waals surface area contributed by atoms with Crippen molar-refractivity contribution in [2.45, 2.75) is 25.4 Å². The maximum absolute atomic E-state index is 12.9. The van der Waals surface area contributed by atoms with Crippen molar-refractivity contribution in [3.8, 4) is 0 Å². The molecule has 0 spiro atoms. The predicted molar refractivity (Wildman–Crippen MR) is 97.7 cm³/mol. The van der Waals surface area contributed by atoms with Crippen LogP contribution in [0.4, 0.5) is 0 Å². The van der Waals surface area contributed by atoms with Gasteiger partial charge in [0.05, 0.1) is 11.6 Å². The maximum atomic E-state index is 12.9. The Bertz CT molecular complexity index is 743. The molecule has 2 aromatic rings. The Morgan fingerprint density at radius 3 is 2.88 bits per heavy atom. The fraction of sp³-hybridized carbons (Fsp3) is 0.500. The normalized spacial score (nSPS) is 22.2. The zero-order valence-corrected chi connectivity index (χ0v) is 14.6. The molecule has 2 aliphatic rings. The van der Waals surface area contributed by atoms with Gasteiger partial charge in [-0.2, -0.15) is 0 Å². The number of fused-ring (bicyclic) bond motifs is 1. The average Bonchev–Trinajstić information content (AvgIpc) is 3.05. The monoisotopic (exact) mass is 339 g/mol. The van der Waals surface area contributed by atoms with Gasteiger partial charge >= 0.3 is 0 Å². The van der Waals surface area contributed by atoms with Crippen LogP contribution in [-0.4, -0.2) is 66.1 Å². The van der Waals surface area contributed by atoms with E-state index in [1.807, 2.05) is 41.3 Å². The van der Waals surface area contributed by atoms with E-state index in [-0.39, 0.29) is 5.91 Å². The zero-order valence-electron chi connectivity index (χ0n) is 14.6. The van der Waals surface area contributed by atoms with Crippen LogP contribution in [0.5, 0.6) is 0 Å². The lowest BCUT2D eigenvalue weighted by Crippen LogP contribution is -2.37. The number of para-hydroxylation sites is 1. The molecule has 0 N–H and O–H groups in total. The van der Waals surface area contributed by atoms with Gasteiger partial charge in [-0.25, -0.2) is 4.98 Å². The van der Waals surface area contributed by atoms with Gasteiger partial charge in [-0.1, -0.05) is 24.3 Å². The zero-order chi connectivity index (χ0) is 17.1. The lowest BCUT2D eigenvalue weighted by atomic mass is 10.2. The van der Waals surface area contributed by atoms with Gasteiger partial charge in [0.15, 0.2) is 0 Å². The van der Waals surface area contributed by atoms with Crippen molar-refractivity contribution in [3.05, 3.63) is 42.1 Å². The van der Waals surface area contributed by atoms with Crippen LogP contribution in [0, 0.1) is 0 Å². The van der Waals surface area contributed by atoms with Crippen LogP contribution in [0.2, 0.25) is 0 Å². The van der Waals surface area contributed by atoms with Crippen LogP contribution in [0.3, 0.4) is 0 Å². The first kappa shape index (κ1) is 16.5. The average molecular weight is 339 g/mol.